The molecule has 7 heteroatoms. The second kappa shape index (κ2) is 7.51. The number of halogens is 1. The van der Waals surface area contributed by atoms with Gasteiger partial charge in [-0.05, 0) is 22.0 Å². The molecule has 2 heterocycles. The van der Waals surface area contributed by atoms with Crippen molar-refractivity contribution < 1.29 is 14.3 Å². The van der Waals surface area contributed by atoms with Gasteiger partial charge in [0, 0.05) is 49.6 Å². The highest BCUT2D eigenvalue weighted by Crippen LogP contribution is 2.13. The van der Waals surface area contributed by atoms with Crippen LogP contribution < -0.4 is 0 Å². The van der Waals surface area contributed by atoms with Gasteiger partial charge in [0.2, 0.25) is 0 Å². The summed E-state index contributed by atoms with van der Waals surface area (Å²) in [6, 6.07) is 1.78. The molecule has 114 valence electrons. The maximum atomic E-state index is 12.3. The summed E-state index contributed by atoms with van der Waals surface area (Å²) < 4.78 is 5.42. The van der Waals surface area contributed by atoms with Gasteiger partial charge in [0.05, 0.1) is 19.1 Å². The number of methoxy groups -OCH3 is 1. The summed E-state index contributed by atoms with van der Waals surface area (Å²) >= 11 is 3.32. The van der Waals surface area contributed by atoms with E-state index in [9.17, 15) is 9.59 Å². The number of pyridine rings is 1. The molecule has 6 nitrogen and oxygen atoms in total. The van der Waals surface area contributed by atoms with Gasteiger partial charge in [-0.1, -0.05) is 0 Å². The number of rotatable bonds is 4. The average Bonchev–Trinajstić information content (AvgIpc) is 2.52. The van der Waals surface area contributed by atoms with E-state index in [1.54, 1.807) is 18.5 Å². The second-order valence-electron chi connectivity index (χ2n) is 4.85. The summed E-state index contributed by atoms with van der Waals surface area (Å²) in [5, 5.41) is 0. The molecule has 0 aromatic carbocycles. The van der Waals surface area contributed by atoms with Crippen LogP contribution in [0.1, 0.15) is 16.8 Å². The first-order valence-electron chi connectivity index (χ1n) is 6.79. The first-order valence-corrected chi connectivity index (χ1v) is 7.58. The minimum atomic E-state index is -0.200. The van der Waals surface area contributed by atoms with E-state index in [1.165, 1.54) is 7.11 Å². The molecule has 1 amide bonds. The van der Waals surface area contributed by atoms with Crippen molar-refractivity contribution in [3.8, 4) is 0 Å². The number of carbonyl (C=O) groups is 2. The summed E-state index contributed by atoms with van der Waals surface area (Å²) in [6.07, 6.45) is 3.62. The topological polar surface area (TPSA) is 62.7 Å². The molecule has 0 saturated carbocycles. The van der Waals surface area contributed by atoms with Gasteiger partial charge in [0.15, 0.2) is 0 Å². The van der Waals surface area contributed by atoms with Crippen LogP contribution in [0.15, 0.2) is 22.9 Å². The first-order chi connectivity index (χ1) is 10.1. The van der Waals surface area contributed by atoms with Crippen molar-refractivity contribution in [1.29, 1.82) is 0 Å². The van der Waals surface area contributed by atoms with E-state index in [2.05, 4.69) is 30.6 Å². The predicted molar refractivity (Wildman–Crippen MR) is 80.9 cm³/mol. The Hall–Kier alpha value is -1.47. The summed E-state index contributed by atoms with van der Waals surface area (Å²) in [5.74, 6) is -0.204. The third kappa shape index (κ3) is 4.50. The van der Waals surface area contributed by atoms with Crippen molar-refractivity contribution in [2.45, 2.75) is 6.42 Å². The van der Waals surface area contributed by atoms with E-state index >= 15 is 0 Å². The Balaban J connectivity index is 1.83. The number of piperazine rings is 1. The number of hydrogen-bond donors (Lipinski definition) is 0. The molecular weight excluding hydrogens is 338 g/mol. The van der Waals surface area contributed by atoms with Gasteiger partial charge in [-0.2, -0.15) is 0 Å². The molecule has 1 fully saturated rings. The molecule has 0 radical (unpaired) electrons. The SMILES string of the molecule is COC(=O)CCN1CCN(C(=O)c2cncc(Br)c2)CC1. The Morgan fingerprint density at radius 2 is 2.00 bits per heavy atom. The number of amides is 1. The number of esters is 1. The normalized spacial score (nSPS) is 15.8. The van der Waals surface area contributed by atoms with Crippen LogP contribution in [0.25, 0.3) is 0 Å². The average molecular weight is 356 g/mol. The zero-order chi connectivity index (χ0) is 15.2. The fourth-order valence-corrected chi connectivity index (χ4v) is 2.60. The van der Waals surface area contributed by atoms with Crippen molar-refractivity contribution in [2.24, 2.45) is 0 Å². The number of ether oxygens (including phenoxy) is 1. The maximum absolute atomic E-state index is 12.3. The molecule has 1 aromatic heterocycles. The Bertz CT molecular complexity index is 516. The fourth-order valence-electron chi connectivity index (χ4n) is 2.24. The van der Waals surface area contributed by atoms with E-state index in [4.69, 9.17) is 0 Å². The maximum Gasteiger partial charge on any atom is 0.306 e. The lowest BCUT2D eigenvalue weighted by atomic mass is 10.2. The van der Waals surface area contributed by atoms with Crippen molar-refractivity contribution >= 4 is 27.8 Å². The van der Waals surface area contributed by atoms with Crippen molar-refractivity contribution in [3.05, 3.63) is 28.5 Å². The Kier molecular flexibility index (Phi) is 5.69. The van der Waals surface area contributed by atoms with Crippen LogP contribution in [0.4, 0.5) is 0 Å². The van der Waals surface area contributed by atoms with Crippen LogP contribution in [0.5, 0.6) is 0 Å². The molecule has 2 rings (SSSR count). The van der Waals surface area contributed by atoms with Crippen molar-refractivity contribution in [1.82, 2.24) is 14.8 Å². The quantitative estimate of drug-likeness (QED) is 0.758. The largest absolute Gasteiger partial charge is 0.469 e. The monoisotopic (exact) mass is 355 g/mol. The number of hydrogen-bond acceptors (Lipinski definition) is 5. The molecule has 0 unspecified atom stereocenters. The van der Waals surface area contributed by atoms with Crippen LogP contribution in [0.3, 0.4) is 0 Å². The van der Waals surface area contributed by atoms with Gasteiger partial charge >= 0.3 is 5.97 Å². The second-order valence-corrected chi connectivity index (χ2v) is 5.77. The summed E-state index contributed by atoms with van der Waals surface area (Å²) in [6.45, 7) is 3.53. The molecule has 1 aromatic rings. The van der Waals surface area contributed by atoms with Crippen molar-refractivity contribution in [2.75, 3.05) is 39.8 Å². The van der Waals surface area contributed by atoms with Crippen LogP contribution in [0.2, 0.25) is 0 Å². The number of carbonyl (C=O) groups excluding carboxylic acids is 2. The minimum absolute atomic E-state index is 0.00332. The minimum Gasteiger partial charge on any atom is -0.469 e. The zero-order valence-electron chi connectivity index (χ0n) is 11.9. The van der Waals surface area contributed by atoms with Gasteiger partial charge < -0.3 is 9.64 Å². The molecule has 0 atom stereocenters. The fraction of sp³-hybridized carbons (Fsp3) is 0.500. The van der Waals surface area contributed by atoms with Crippen LogP contribution in [0, 0.1) is 0 Å². The van der Waals surface area contributed by atoms with Crippen LogP contribution >= 0.6 is 15.9 Å². The Morgan fingerprint density at radius 3 is 2.62 bits per heavy atom. The molecule has 1 saturated heterocycles. The van der Waals surface area contributed by atoms with Crippen molar-refractivity contribution in [3.63, 3.8) is 0 Å². The molecule has 0 aliphatic carbocycles. The lowest BCUT2D eigenvalue weighted by molar-refractivity contribution is -0.141. The van der Waals surface area contributed by atoms with Gasteiger partial charge in [0.25, 0.3) is 5.91 Å². The number of nitrogens with zero attached hydrogens (tertiary/aromatic N) is 3. The van der Waals surface area contributed by atoms with E-state index < -0.39 is 0 Å². The molecule has 0 bridgehead atoms. The first kappa shape index (κ1) is 15.9. The van der Waals surface area contributed by atoms with Gasteiger partial charge in [-0.3, -0.25) is 19.5 Å². The zero-order valence-corrected chi connectivity index (χ0v) is 13.5. The Morgan fingerprint density at radius 1 is 1.29 bits per heavy atom. The van der Waals surface area contributed by atoms with Crippen LogP contribution in [-0.2, 0) is 9.53 Å². The molecule has 1 aliphatic rings. The lowest BCUT2D eigenvalue weighted by Gasteiger charge is -2.34. The third-order valence-corrected chi connectivity index (χ3v) is 3.90. The smallest absolute Gasteiger partial charge is 0.306 e. The van der Waals surface area contributed by atoms with E-state index in [0.29, 0.717) is 31.6 Å². The predicted octanol–water partition coefficient (Wildman–Crippen LogP) is 1.16. The van der Waals surface area contributed by atoms with E-state index in [0.717, 1.165) is 17.6 Å². The Labute approximate surface area is 132 Å². The van der Waals surface area contributed by atoms with E-state index in [1.807, 2.05) is 4.90 Å². The summed E-state index contributed by atoms with van der Waals surface area (Å²) in [5.41, 5.74) is 0.590. The lowest BCUT2D eigenvalue weighted by Crippen LogP contribution is -2.49. The molecule has 21 heavy (non-hydrogen) atoms. The van der Waals surface area contributed by atoms with Gasteiger partial charge in [0.1, 0.15) is 0 Å². The molecule has 0 spiro atoms. The van der Waals surface area contributed by atoms with E-state index in [-0.39, 0.29) is 11.9 Å². The van der Waals surface area contributed by atoms with Gasteiger partial charge in [-0.15, -0.1) is 0 Å². The summed E-state index contributed by atoms with van der Waals surface area (Å²) in [4.78, 5) is 31.5. The number of aromatic nitrogens is 1. The van der Waals surface area contributed by atoms with Crippen LogP contribution in [-0.4, -0.2) is 66.5 Å². The molecule has 0 N–H and O–H groups in total. The molecular formula is C14H18BrN3O3. The highest BCUT2D eigenvalue weighted by molar-refractivity contribution is 9.10. The van der Waals surface area contributed by atoms with Gasteiger partial charge in [-0.25, -0.2) is 0 Å². The molecule has 1 aliphatic heterocycles. The third-order valence-electron chi connectivity index (χ3n) is 3.47. The standard InChI is InChI=1S/C14H18BrN3O3/c1-21-13(19)2-3-17-4-6-18(7-5-17)14(20)11-8-12(15)10-16-9-11/h8-10H,2-7H2,1H3. The highest BCUT2D eigenvalue weighted by atomic mass is 79.9. The summed E-state index contributed by atoms with van der Waals surface area (Å²) in [7, 11) is 1.39. The highest BCUT2D eigenvalue weighted by Gasteiger charge is 2.22.